The Morgan fingerprint density at radius 2 is 2.04 bits per heavy atom. The van der Waals surface area contributed by atoms with Crippen LogP contribution >= 0.6 is 11.8 Å². The van der Waals surface area contributed by atoms with E-state index in [-0.39, 0.29) is 10.7 Å². The van der Waals surface area contributed by atoms with Crippen molar-refractivity contribution in [2.24, 2.45) is 0 Å². The second-order valence-electron chi connectivity index (χ2n) is 4.38. The molecule has 0 aliphatic rings. The Labute approximate surface area is 135 Å². The molecule has 0 aliphatic heterocycles. The van der Waals surface area contributed by atoms with Crippen molar-refractivity contribution in [3.8, 4) is 17.1 Å². The number of rotatable bonds is 5. The molecule has 116 valence electrons. The quantitative estimate of drug-likeness (QED) is 0.566. The van der Waals surface area contributed by atoms with E-state index in [1.54, 1.807) is 7.11 Å². The van der Waals surface area contributed by atoms with E-state index in [0.29, 0.717) is 11.0 Å². The lowest BCUT2D eigenvalue weighted by molar-refractivity contribution is -0.388. The van der Waals surface area contributed by atoms with Gasteiger partial charge in [0.1, 0.15) is 5.75 Å². The summed E-state index contributed by atoms with van der Waals surface area (Å²) in [6.07, 6.45) is 1.49. The van der Waals surface area contributed by atoms with Crippen LogP contribution in [0.2, 0.25) is 0 Å². The third-order valence-electron chi connectivity index (χ3n) is 2.96. The Balaban J connectivity index is 1.83. The fraction of sp³-hybridized carbons (Fsp3) is 0.0714. The van der Waals surface area contributed by atoms with Crippen LogP contribution in [0, 0.1) is 10.1 Å². The first kappa shape index (κ1) is 15.0. The summed E-state index contributed by atoms with van der Waals surface area (Å²) in [5, 5.41) is 18.5. The number of ether oxygens (including phenoxy) is 1. The Bertz CT molecular complexity index is 834. The van der Waals surface area contributed by atoms with E-state index < -0.39 is 4.92 Å². The molecule has 0 atom stereocenters. The van der Waals surface area contributed by atoms with Crippen molar-refractivity contribution in [1.82, 2.24) is 20.2 Å². The number of hydrogen-bond donors (Lipinski definition) is 1. The molecule has 0 saturated carbocycles. The molecule has 1 aromatic carbocycles. The number of nitrogens with one attached hydrogen (secondary N) is 1. The summed E-state index contributed by atoms with van der Waals surface area (Å²) in [5.41, 5.74) is 0.758. The Hall–Kier alpha value is -2.94. The van der Waals surface area contributed by atoms with Gasteiger partial charge in [-0.3, -0.25) is 15.2 Å². The summed E-state index contributed by atoms with van der Waals surface area (Å²) in [7, 11) is 1.60. The fourth-order valence-electron chi connectivity index (χ4n) is 1.86. The average molecular weight is 329 g/mol. The molecule has 0 amide bonds. The lowest BCUT2D eigenvalue weighted by atomic mass is 10.2. The molecule has 1 N–H and O–H groups in total. The molecule has 3 aromatic rings. The molecule has 0 unspecified atom stereocenters. The van der Waals surface area contributed by atoms with Gasteiger partial charge in [-0.2, -0.15) is 0 Å². The number of nitro groups is 1. The predicted octanol–water partition coefficient (Wildman–Crippen LogP) is 2.93. The zero-order valence-electron chi connectivity index (χ0n) is 12.0. The molecule has 0 spiro atoms. The number of nitrogens with zero attached hydrogens (tertiary/aromatic N) is 4. The van der Waals surface area contributed by atoms with Gasteiger partial charge in [-0.05, 0) is 42.1 Å². The molecule has 0 aliphatic carbocycles. The zero-order valence-corrected chi connectivity index (χ0v) is 12.8. The second-order valence-corrected chi connectivity index (χ2v) is 5.34. The molecule has 0 saturated heterocycles. The van der Waals surface area contributed by atoms with Gasteiger partial charge in [0.25, 0.3) is 0 Å². The lowest BCUT2D eigenvalue weighted by Crippen LogP contribution is -1.92. The van der Waals surface area contributed by atoms with Crippen molar-refractivity contribution >= 4 is 17.4 Å². The van der Waals surface area contributed by atoms with Crippen LogP contribution in [0.1, 0.15) is 0 Å². The summed E-state index contributed by atoms with van der Waals surface area (Å²) in [4.78, 5) is 18.8. The van der Waals surface area contributed by atoms with Crippen LogP contribution in [0.15, 0.2) is 52.8 Å². The van der Waals surface area contributed by atoms with Gasteiger partial charge in [-0.1, -0.05) is 0 Å². The van der Waals surface area contributed by atoms with E-state index in [2.05, 4.69) is 20.2 Å². The molecule has 0 fully saturated rings. The van der Waals surface area contributed by atoms with E-state index in [1.165, 1.54) is 18.3 Å². The first-order valence-electron chi connectivity index (χ1n) is 6.51. The third-order valence-corrected chi connectivity index (χ3v) is 3.84. The lowest BCUT2D eigenvalue weighted by Gasteiger charge is -2.00. The van der Waals surface area contributed by atoms with Crippen LogP contribution in [0.3, 0.4) is 0 Å². The maximum Gasteiger partial charge on any atom is 0.301 e. The number of H-pyrrole nitrogens is 1. The summed E-state index contributed by atoms with van der Waals surface area (Å²) in [6.45, 7) is 0. The Kier molecular flexibility index (Phi) is 4.20. The van der Waals surface area contributed by atoms with Gasteiger partial charge in [0.2, 0.25) is 5.16 Å². The predicted molar refractivity (Wildman–Crippen MR) is 83.4 cm³/mol. The van der Waals surface area contributed by atoms with E-state index in [0.717, 1.165) is 23.1 Å². The highest BCUT2D eigenvalue weighted by Gasteiger charge is 2.17. The van der Waals surface area contributed by atoms with Gasteiger partial charge >= 0.3 is 5.69 Å². The van der Waals surface area contributed by atoms with E-state index in [1.807, 2.05) is 24.3 Å². The van der Waals surface area contributed by atoms with E-state index >= 15 is 0 Å². The van der Waals surface area contributed by atoms with E-state index in [4.69, 9.17) is 4.74 Å². The monoisotopic (exact) mass is 329 g/mol. The van der Waals surface area contributed by atoms with Crippen molar-refractivity contribution in [2.75, 3.05) is 7.11 Å². The van der Waals surface area contributed by atoms with Crippen LogP contribution in [-0.2, 0) is 0 Å². The highest BCUT2D eigenvalue weighted by atomic mass is 32.2. The van der Waals surface area contributed by atoms with Gasteiger partial charge in [0.15, 0.2) is 10.9 Å². The summed E-state index contributed by atoms with van der Waals surface area (Å²) in [6, 6.07) is 10.2. The number of methoxy groups -OCH3 is 1. The molecular weight excluding hydrogens is 318 g/mol. The van der Waals surface area contributed by atoms with Crippen LogP contribution < -0.4 is 4.74 Å². The van der Waals surface area contributed by atoms with Gasteiger partial charge < -0.3 is 4.74 Å². The minimum Gasteiger partial charge on any atom is -0.497 e. The minimum atomic E-state index is -0.480. The highest BCUT2D eigenvalue weighted by molar-refractivity contribution is 7.99. The molecular formula is C14H11N5O3S. The van der Waals surface area contributed by atoms with Crippen molar-refractivity contribution in [2.45, 2.75) is 10.2 Å². The van der Waals surface area contributed by atoms with Gasteiger partial charge in [-0.25, -0.2) is 9.97 Å². The Morgan fingerprint density at radius 1 is 1.26 bits per heavy atom. The summed E-state index contributed by atoms with van der Waals surface area (Å²) in [5.74, 6) is 1.31. The van der Waals surface area contributed by atoms with Crippen molar-refractivity contribution in [1.29, 1.82) is 0 Å². The summed E-state index contributed by atoms with van der Waals surface area (Å²) >= 11 is 1.03. The normalized spacial score (nSPS) is 10.5. The minimum absolute atomic E-state index is 0.0757. The number of pyridine rings is 1. The van der Waals surface area contributed by atoms with Crippen LogP contribution in [0.4, 0.5) is 5.69 Å². The van der Waals surface area contributed by atoms with Crippen molar-refractivity contribution in [3.63, 3.8) is 0 Å². The molecule has 2 aromatic heterocycles. The zero-order chi connectivity index (χ0) is 16.2. The second kappa shape index (κ2) is 6.44. The van der Waals surface area contributed by atoms with Crippen molar-refractivity contribution < 1.29 is 9.66 Å². The summed E-state index contributed by atoms with van der Waals surface area (Å²) < 4.78 is 5.10. The van der Waals surface area contributed by atoms with Gasteiger partial charge in [0.05, 0.1) is 12.0 Å². The highest BCUT2D eigenvalue weighted by Crippen LogP contribution is 2.31. The fourth-order valence-corrected chi connectivity index (χ4v) is 2.62. The maximum absolute atomic E-state index is 11.0. The topological polar surface area (TPSA) is 107 Å². The number of aromatic amines is 1. The molecule has 0 radical (unpaired) electrons. The standard InChI is InChI=1S/C14H11N5O3S/c1-22-10-6-4-9(5-7-10)12-16-14(18-17-12)23-13-11(19(20)21)3-2-8-15-13/h2-8H,1H3,(H,16,17,18). The largest absolute Gasteiger partial charge is 0.497 e. The number of aromatic nitrogens is 4. The molecule has 0 bridgehead atoms. The van der Waals surface area contributed by atoms with E-state index in [9.17, 15) is 10.1 Å². The molecule has 3 rings (SSSR count). The van der Waals surface area contributed by atoms with Gasteiger partial charge in [0, 0.05) is 17.8 Å². The average Bonchev–Trinajstić information content (AvgIpc) is 3.04. The third kappa shape index (κ3) is 3.29. The Morgan fingerprint density at radius 3 is 2.74 bits per heavy atom. The first-order valence-corrected chi connectivity index (χ1v) is 7.33. The SMILES string of the molecule is COc1ccc(-c2nc(Sc3ncccc3[N+](=O)[O-])n[nH]2)cc1. The molecule has 8 nitrogen and oxygen atoms in total. The van der Waals surface area contributed by atoms with Crippen LogP contribution in [0.25, 0.3) is 11.4 Å². The van der Waals surface area contributed by atoms with Crippen molar-refractivity contribution in [3.05, 3.63) is 52.7 Å². The molecule has 9 heteroatoms. The number of benzene rings is 1. The van der Waals surface area contributed by atoms with Gasteiger partial charge in [-0.15, -0.1) is 5.10 Å². The smallest absolute Gasteiger partial charge is 0.301 e. The first-order chi connectivity index (χ1) is 11.2. The molecule has 2 heterocycles. The number of hydrogen-bond acceptors (Lipinski definition) is 7. The van der Waals surface area contributed by atoms with Crippen LogP contribution in [0.5, 0.6) is 5.75 Å². The maximum atomic E-state index is 11.0. The van der Waals surface area contributed by atoms with Crippen LogP contribution in [-0.4, -0.2) is 32.2 Å². The molecule has 23 heavy (non-hydrogen) atoms.